The van der Waals surface area contributed by atoms with Crippen LogP contribution in [0.15, 0.2) is 11.6 Å². The van der Waals surface area contributed by atoms with Crippen molar-refractivity contribution >= 4 is 11.6 Å². The van der Waals surface area contributed by atoms with Crippen molar-refractivity contribution in [2.75, 3.05) is 6.61 Å². The number of hydrogen-bond acceptors (Lipinski definition) is 4. The molecule has 2 N–H and O–H groups in total. The molecular formula is C21H30O4. The fourth-order valence-corrected chi connectivity index (χ4v) is 7.06. The number of hydrogen-bond donors (Lipinski definition) is 2. The van der Waals surface area contributed by atoms with E-state index < -0.39 is 30.3 Å². The molecule has 25 heavy (non-hydrogen) atoms. The molecule has 4 aliphatic carbocycles. The van der Waals surface area contributed by atoms with E-state index in [1.54, 1.807) is 0 Å². The summed E-state index contributed by atoms with van der Waals surface area (Å²) < 4.78 is 16.3. The molecule has 0 bridgehead atoms. The zero-order chi connectivity index (χ0) is 19.8. The van der Waals surface area contributed by atoms with E-state index in [9.17, 15) is 19.8 Å². The van der Waals surface area contributed by atoms with Gasteiger partial charge in [-0.25, -0.2) is 0 Å². The molecule has 4 nitrogen and oxygen atoms in total. The maximum absolute atomic E-state index is 12.3. The van der Waals surface area contributed by atoms with Crippen molar-refractivity contribution in [3.63, 3.8) is 0 Å². The van der Waals surface area contributed by atoms with Crippen LogP contribution in [0.2, 0.25) is 0 Å². The molecule has 4 heteroatoms. The average Bonchev–Trinajstić information content (AvgIpc) is 2.91. The molecule has 4 rings (SSSR count). The van der Waals surface area contributed by atoms with Gasteiger partial charge in [-0.05, 0) is 73.2 Å². The number of ketones is 2. The van der Waals surface area contributed by atoms with E-state index in [0.717, 1.165) is 31.3 Å². The van der Waals surface area contributed by atoms with Crippen molar-refractivity contribution in [3.8, 4) is 0 Å². The number of allylic oxidation sites excluding steroid dienone is 1. The molecule has 0 amide bonds. The van der Waals surface area contributed by atoms with Gasteiger partial charge in [0, 0.05) is 15.0 Å². The van der Waals surface area contributed by atoms with Gasteiger partial charge in [0.05, 0.1) is 6.10 Å². The molecule has 3 saturated carbocycles. The van der Waals surface area contributed by atoms with Crippen LogP contribution in [0.4, 0.5) is 0 Å². The predicted octanol–water partition coefficient (Wildman–Crippen LogP) is 2.67. The van der Waals surface area contributed by atoms with Crippen LogP contribution in [0.3, 0.4) is 0 Å². The molecule has 0 radical (unpaired) electrons. The fraction of sp³-hybridized carbons (Fsp3) is 0.810. The normalized spacial score (nSPS) is 52.2. The first-order valence-corrected chi connectivity index (χ1v) is 9.62. The van der Waals surface area contributed by atoms with Crippen LogP contribution in [0, 0.1) is 34.5 Å². The quantitative estimate of drug-likeness (QED) is 0.804. The molecule has 0 aliphatic heterocycles. The number of Topliss-reactive ketones (excluding diaryl/α,β-unsaturated/α-hetero) is 1. The van der Waals surface area contributed by atoms with Crippen LogP contribution in [0.1, 0.15) is 61.5 Å². The van der Waals surface area contributed by atoms with Crippen LogP contribution >= 0.6 is 0 Å². The summed E-state index contributed by atoms with van der Waals surface area (Å²) in [7, 11) is 0. The van der Waals surface area contributed by atoms with E-state index >= 15 is 0 Å². The van der Waals surface area contributed by atoms with Crippen molar-refractivity contribution < 1.29 is 22.5 Å². The topological polar surface area (TPSA) is 74.6 Å². The van der Waals surface area contributed by atoms with Crippen LogP contribution in [-0.4, -0.2) is 34.5 Å². The molecule has 3 fully saturated rings. The minimum atomic E-state index is -1.88. The Hall–Kier alpha value is -1.00. The first kappa shape index (κ1) is 15.1. The second-order valence-electron chi connectivity index (χ2n) is 9.17. The van der Waals surface area contributed by atoms with E-state index in [1.807, 2.05) is 6.92 Å². The zero-order valence-corrected chi connectivity index (χ0v) is 15.1. The van der Waals surface area contributed by atoms with Crippen molar-refractivity contribution in [1.82, 2.24) is 0 Å². The third-order valence-corrected chi connectivity index (χ3v) is 8.15. The molecule has 0 aromatic rings. The molecular weight excluding hydrogens is 316 g/mol. The molecule has 4 aliphatic rings. The predicted molar refractivity (Wildman–Crippen MR) is 93.7 cm³/mol. The van der Waals surface area contributed by atoms with E-state index in [-0.39, 0.29) is 35.4 Å². The highest BCUT2D eigenvalue weighted by Gasteiger charge is 2.62. The van der Waals surface area contributed by atoms with Gasteiger partial charge in [0.2, 0.25) is 0 Å². The summed E-state index contributed by atoms with van der Waals surface area (Å²) in [5.74, 6) is -0.325. The Labute approximate surface area is 152 Å². The summed E-state index contributed by atoms with van der Waals surface area (Å²) in [5.41, 5.74) is 0.175. The highest BCUT2D eigenvalue weighted by Crippen LogP contribution is 2.66. The molecule has 0 spiro atoms. The first-order valence-electron chi connectivity index (χ1n) is 10.6. The third-order valence-electron chi connectivity index (χ3n) is 8.15. The fourth-order valence-electron chi connectivity index (χ4n) is 7.06. The third kappa shape index (κ3) is 2.33. The Kier molecular flexibility index (Phi) is 3.47. The van der Waals surface area contributed by atoms with Crippen molar-refractivity contribution in [2.45, 2.75) is 64.8 Å². The Morgan fingerprint density at radius 3 is 2.84 bits per heavy atom. The summed E-state index contributed by atoms with van der Waals surface area (Å²) in [6, 6.07) is 0. The van der Waals surface area contributed by atoms with Crippen molar-refractivity contribution in [1.29, 1.82) is 0 Å². The van der Waals surface area contributed by atoms with Gasteiger partial charge in [-0.15, -0.1) is 0 Å². The largest absolute Gasteiger partial charge is 0.393 e. The van der Waals surface area contributed by atoms with Gasteiger partial charge < -0.3 is 10.2 Å². The van der Waals surface area contributed by atoms with Gasteiger partial charge in [-0.2, -0.15) is 0 Å². The summed E-state index contributed by atoms with van der Waals surface area (Å²) >= 11 is 0. The number of rotatable bonds is 2. The van der Waals surface area contributed by atoms with Crippen molar-refractivity contribution in [2.24, 2.45) is 34.5 Å². The molecule has 0 saturated heterocycles. The monoisotopic (exact) mass is 348 g/mol. The van der Waals surface area contributed by atoms with E-state index in [2.05, 4.69) is 6.92 Å². The van der Waals surface area contributed by atoms with Gasteiger partial charge in [-0.3, -0.25) is 9.59 Å². The Morgan fingerprint density at radius 2 is 2.12 bits per heavy atom. The standard InChI is InChI=1S/C21H30O4/c1-20-8-7-13(23)9-12(20)3-4-14-15-5-6-16(18(25)11-22)21(15,2)10-17(24)19(14)20/h9,14-17,19,22,24H,3-8,10-11H2,1-2H3/t14-,15-,16+,17-,19+,20-,21-/m0/s1/i7D2. The number of carbonyl (C=O) groups excluding carboxylic acids is 2. The maximum Gasteiger partial charge on any atom is 0.161 e. The van der Waals surface area contributed by atoms with Crippen LogP contribution in [0.25, 0.3) is 0 Å². The molecule has 138 valence electrons. The summed E-state index contributed by atoms with van der Waals surface area (Å²) in [5, 5.41) is 20.6. The molecule has 0 aromatic heterocycles. The van der Waals surface area contributed by atoms with E-state index in [1.165, 1.54) is 6.08 Å². The minimum Gasteiger partial charge on any atom is -0.393 e. The maximum atomic E-state index is 12.3. The Balaban J connectivity index is 1.72. The number of aliphatic hydroxyl groups is 2. The first-order chi connectivity index (χ1) is 12.5. The zero-order valence-electron chi connectivity index (χ0n) is 17.1. The second kappa shape index (κ2) is 5.75. The summed E-state index contributed by atoms with van der Waals surface area (Å²) in [6.45, 7) is 3.68. The number of aliphatic hydroxyl groups excluding tert-OH is 2. The van der Waals surface area contributed by atoms with Crippen LogP contribution < -0.4 is 0 Å². The van der Waals surface area contributed by atoms with E-state index in [4.69, 9.17) is 2.74 Å². The van der Waals surface area contributed by atoms with Crippen LogP contribution in [0.5, 0.6) is 0 Å². The van der Waals surface area contributed by atoms with Gasteiger partial charge in [0.25, 0.3) is 0 Å². The smallest absolute Gasteiger partial charge is 0.161 e. The Morgan fingerprint density at radius 1 is 1.36 bits per heavy atom. The molecule has 0 heterocycles. The lowest BCUT2D eigenvalue weighted by atomic mass is 9.46. The number of fused-ring (bicyclic) bond motifs is 5. The van der Waals surface area contributed by atoms with Crippen molar-refractivity contribution in [3.05, 3.63) is 11.6 Å². The van der Waals surface area contributed by atoms with Crippen LogP contribution in [-0.2, 0) is 9.59 Å². The van der Waals surface area contributed by atoms with Gasteiger partial charge >= 0.3 is 0 Å². The lowest BCUT2D eigenvalue weighted by Gasteiger charge is -2.59. The highest BCUT2D eigenvalue weighted by molar-refractivity contribution is 5.91. The lowest BCUT2D eigenvalue weighted by molar-refractivity contribution is -0.146. The van der Waals surface area contributed by atoms with E-state index in [0.29, 0.717) is 12.3 Å². The minimum absolute atomic E-state index is 0.0817. The van der Waals surface area contributed by atoms with Gasteiger partial charge in [0.15, 0.2) is 11.6 Å². The lowest BCUT2D eigenvalue weighted by Crippen LogP contribution is -2.57. The van der Waals surface area contributed by atoms with Gasteiger partial charge in [0.1, 0.15) is 6.61 Å². The Bertz CT molecular complexity index is 717. The highest BCUT2D eigenvalue weighted by atomic mass is 16.3. The average molecular weight is 348 g/mol. The number of carbonyl (C=O) groups is 2. The van der Waals surface area contributed by atoms with Gasteiger partial charge in [-0.1, -0.05) is 19.4 Å². The molecule has 7 atom stereocenters. The molecule has 0 unspecified atom stereocenters. The summed E-state index contributed by atoms with van der Waals surface area (Å²) in [4.78, 5) is 24.5. The second-order valence-corrected chi connectivity index (χ2v) is 9.17. The molecule has 0 aromatic carbocycles. The SMILES string of the molecule is [2H]C1([2H])C[C@@]2(C)C(=CC1=O)CC[C@@H]1[C@@H]2[C@@H](O)C[C@]2(C)[C@@H](C(=O)CO)CC[C@@H]12. The summed E-state index contributed by atoms with van der Waals surface area (Å²) in [6.07, 6.45) is 2.95.